The molecule has 0 aromatic carbocycles. The van der Waals surface area contributed by atoms with E-state index in [1.165, 1.54) is 12.8 Å². The van der Waals surface area contributed by atoms with Crippen molar-refractivity contribution in [3.63, 3.8) is 0 Å². The number of carbonyl (C=O) groups is 1. The average molecular weight is 227 g/mol. The van der Waals surface area contributed by atoms with Gasteiger partial charge in [0.05, 0.1) is 11.3 Å². The molecule has 3 rings (SSSR count). The Morgan fingerprint density at radius 2 is 2.24 bits per heavy atom. The van der Waals surface area contributed by atoms with Crippen molar-refractivity contribution in [2.75, 3.05) is 0 Å². The maximum absolute atomic E-state index is 11.5. The van der Waals surface area contributed by atoms with Crippen LogP contribution in [0.4, 0.5) is 0 Å². The topological polar surface area (TPSA) is 47.8 Å². The second-order valence-electron chi connectivity index (χ2n) is 4.39. The van der Waals surface area contributed by atoms with Crippen LogP contribution in [0.3, 0.4) is 0 Å². The highest BCUT2D eigenvalue weighted by molar-refractivity contribution is 5.96. The van der Waals surface area contributed by atoms with Crippen molar-refractivity contribution >= 4 is 5.78 Å². The van der Waals surface area contributed by atoms with Crippen molar-refractivity contribution in [3.8, 4) is 5.82 Å². The monoisotopic (exact) mass is 227 g/mol. The van der Waals surface area contributed by atoms with Crippen LogP contribution in [0.2, 0.25) is 0 Å². The molecule has 0 aliphatic heterocycles. The fourth-order valence-corrected chi connectivity index (χ4v) is 1.91. The fraction of sp³-hybridized carbons (Fsp3) is 0.308. The van der Waals surface area contributed by atoms with Gasteiger partial charge in [-0.2, -0.15) is 5.10 Å². The highest BCUT2D eigenvalue weighted by atomic mass is 16.1. The van der Waals surface area contributed by atoms with Gasteiger partial charge in [-0.15, -0.1) is 0 Å². The van der Waals surface area contributed by atoms with Gasteiger partial charge in [0, 0.05) is 18.3 Å². The van der Waals surface area contributed by atoms with Gasteiger partial charge in [-0.05, 0) is 38.0 Å². The lowest BCUT2D eigenvalue weighted by Gasteiger charge is -2.04. The third kappa shape index (κ3) is 1.86. The van der Waals surface area contributed by atoms with Gasteiger partial charge in [-0.1, -0.05) is 0 Å². The molecule has 86 valence electrons. The van der Waals surface area contributed by atoms with Crippen molar-refractivity contribution in [2.45, 2.75) is 25.7 Å². The molecule has 2 aromatic heterocycles. The number of nitrogens with zero attached hydrogens (tertiary/aromatic N) is 3. The minimum absolute atomic E-state index is 0.0107. The highest BCUT2D eigenvalue weighted by Crippen LogP contribution is 2.39. The van der Waals surface area contributed by atoms with Crippen molar-refractivity contribution in [2.24, 2.45) is 0 Å². The van der Waals surface area contributed by atoms with Gasteiger partial charge in [0.15, 0.2) is 11.6 Å². The summed E-state index contributed by atoms with van der Waals surface area (Å²) in [6.07, 6.45) is 6.00. The van der Waals surface area contributed by atoms with E-state index >= 15 is 0 Å². The molecule has 0 unspecified atom stereocenters. The highest BCUT2D eigenvalue weighted by Gasteiger charge is 2.26. The summed E-state index contributed by atoms with van der Waals surface area (Å²) in [5.74, 6) is 1.24. The van der Waals surface area contributed by atoms with Gasteiger partial charge in [0.1, 0.15) is 0 Å². The molecule has 0 radical (unpaired) electrons. The van der Waals surface area contributed by atoms with Crippen LogP contribution >= 0.6 is 0 Å². The predicted molar refractivity (Wildman–Crippen MR) is 63.3 cm³/mol. The number of hydrogen-bond donors (Lipinski definition) is 0. The Morgan fingerprint density at radius 3 is 2.94 bits per heavy atom. The molecule has 4 heteroatoms. The van der Waals surface area contributed by atoms with Gasteiger partial charge >= 0.3 is 0 Å². The SMILES string of the molecule is CC(=O)c1cccnc1-n1ccc(C2CC2)n1. The molecular weight excluding hydrogens is 214 g/mol. The van der Waals surface area contributed by atoms with E-state index in [2.05, 4.69) is 10.1 Å². The van der Waals surface area contributed by atoms with Crippen LogP contribution in [-0.2, 0) is 0 Å². The van der Waals surface area contributed by atoms with Crippen LogP contribution in [-0.4, -0.2) is 20.5 Å². The van der Waals surface area contributed by atoms with Crippen LogP contribution in [0.25, 0.3) is 5.82 Å². The molecular formula is C13H13N3O. The lowest BCUT2D eigenvalue weighted by molar-refractivity contribution is 0.101. The van der Waals surface area contributed by atoms with E-state index in [9.17, 15) is 4.79 Å². The first kappa shape index (κ1) is 10.2. The second-order valence-corrected chi connectivity index (χ2v) is 4.39. The first-order valence-corrected chi connectivity index (χ1v) is 5.77. The molecule has 1 saturated carbocycles. The summed E-state index contributed by atoms with van der Waals surface area (Å²) in [6.45, 7) is 1.55. The van der Waals surface area contributed by atoms with Crippen LogP contribution in [0.15, 0.2) is 30.6 Å². The predicted octanol–water partition coefficient (Wildman–Crippen LogP) is 2.35. The molecule has 0 bridgehead atoms. The Kier molecular flexibility index (Phi) is 2.28. The van der Waals surface area contributed by atoms with E-state index in [0.29, 0.717) is 17.3 Å². The van der Waals surface area contributed by atoms with Crippen LogP contribution < -0.4 is 0 Å². The summed E-state index contributed by atoms with van der Waals surface area (Å²) in [5, 5.41) is 4.49. The van der Waals surface area contributed by atoms with Crippen molar-refractivity contribution < 1.29 is 4.79 Å². The Morgan fingerprint density at radius 1 is 1.41 bits per heavy atom. The molecule has 1 aliphatic rings. The molecule has 1 aliphatic carbocycles. The zero-order valence-electron chi connectivity index (χ0n) is 9.63. The van der Waals surface area contributed by atoms with Crippen LogP contribution in [0, 0.1) is 0 Å². The number of Topliss-reactive ketones (excluding diaryl/α,β-unsaturated/α-hetero) is 1. The maximum Gasteiger partial charge on any atom is 0.164 e. The largest absolute Gasteiger partial charge is 0.294 e. The lowest BCUT2D eigenvalue weighted by Crippen LogP contribution is -2.06. The number of rotatable bonds is 3. The summed E-state index contributed by atoms with van der Waals surface area (Å²) < 4.78 is 1.70. The average Bonchev–Trinajstić information content (AvgIpc) is 3.07. The zero-order valence-corrected chi connectivity index (χ0v) is 9.63. The second kappa shape index (κ2) is 3.80. The Hall–Kier alpha value is -1.97. The Labute approximate surface area is 99.3 Å². The summed E-state index contributed by atoms with van der Waals surface area (Å²) >= 11 is 0. The number of carbonyl (C=O) groups excluding carboxylic acids is 1. The fourth-order valence-electron chi connectivity index (χ4n) is 1.91. The maximum atomic E-state index is 11.5. The third-order valence-corrected chi connectivity index (χ3v) is 2.99. The number of hydrogen-bond acceptors (Lipinski definition) is 3. The van der Waals surface area contributed by atoms with E-state index < -0.39 is 0 Å². The van der Waals surface area contributed by atoms with E-state index in [-0.39, 0.29) is 5.78 Å². The smallest absolute Gasteiger partial charge is 0.164 e. The number of pyridine rings is 1. The molecule has 0 spiro atoms. The van der Waals surface area contributed by atoms with E-state index in [1.807, 2.05) is 12.3 Å². The Balaban J connectivity index is 2.04. The summed E-state index contributed by atoms with van der Waals surface area (Å²) in [7, 11) is 0. The molecule has 2 aromatic rings. The molecule has 0 atom stereocenters. The summed E-state index contributed by atoms with van der Waals surface area (Å²) in [5.41, 5.74) is 1.71. The van der Waals surface area contributed by atoms with Crippen molar-refractivity contribution in [3.05, 3.63) is 41.9 Å². The normalized spacial score (nSPS) is 14.9. The molecule has 1 fully saturated rings. The van der Waals surface area contributed by atoms with Gasteiger partial charge in [0.25, 0.3) is 0 Å². The molecule has 0 saturated heterocycles. The Bertz CT molecular complexity index is 570. The first-order chi connectivity index (χ1) is 8.25. The van der Waals surface area contributed by atoms with Crippen LogP contribution in [0.5, 0.6) is 0 Å². The first-order valence-electron chi connectivity index (χ1n) is 5.77. The third-order valence-electron chi connectivity index (χ3n) is 2.99. The lowest BCUT2D eigenvalue weighted by atomic mass is 10.2. The quantitative estimate of drug-likeness (QED) is 0.756. The molecule has 0 amide bonds. The molecule has 0 N–H and O–H groups in total. The van der Waals surface area contributed by atoms with E-state index in [4.69, 9.17) is 0 Å². The van der Waals surface area contributed by atoms with Crippen molar-refractivity contribution in [1.82, 2.24) is 14.8 Å². The standard InChI is InChI=1S/C13H13N3O/c1-9(17)11-3-2-7-14-13(11)16-8-6-12(15-16)10-4-5-10/h2-3,6-8,10H,4-5H2,1H3. The molecule has 2 heterocycles. The summed E-state index contributed by atoms with van der Waals surface area (Å²) in [4.78, 5) is 15.8. The van der Waals surface area contributed by atoms with Gasteiger partial charge in [-0.3, -0.25) is 4.79 Å². The minimum atomic E-state index is 0.0107. The molecule has 17 heavy (non-hydrogen) atoms. The summed E-state index contributed by atoms with van der Waals surface area (Å²) in [6, 6.07) is 5.56. The van der Waals surface area contributed by atoms with Gasteiger partial charge < -0.3 is 0 Å². The minimum Gasteiger partial charge on any atom is -0.294 e. The van der Waals surface area contributed by atoms with Gasteiger partial charge in [-0.25, -0.2) is 9.67 Å². The van der Waals surface area contributed by atoms with Gasteiger partial charge in [0.2, 0.25) is 0 Å². The number of ketones is 1. The van der Waals surface area contributed by atoms with E-state index in [0.717, 1.165) is 5.69 Å². The number of aromatic nitrogens is 3. The zero-order chi connectivity index (χ0) is 11.8. The van der Waals surface area contributed by atoms with Crippen LogP contribution in [0.1, 0.15) is 41.7 Å². The van der Waals surface area contributed by atoms with Crippen molar-refractivity contribution in [1.29, 1.82) is 0 Å². The molecule has 4 nitrogen and oxygen atoms in total. The van der Waals surface area contributed by atoms with E-state index in [1.54, 1.807) is 29.9 Å².